The summed E-state index contributed by atoms with van der Waals surface area (Å²) in [4.78, 5) is 4.18. The molecule has 1 aliphatic rings. The lowest BCUT2D eigenvalue weighted by Crippen LogP contribution is -2.09. The number of ether oxygens (including phenoxy) is 1. The maximum atomic E-state index is 5.37. The predicted octanol–water partition coefficient (Wildman–Crippen LogP) is 2.16. The number of hydrogen-bond donors (Lipinski definition) is 0. The minimum atomic E-state index is 0.372. The molecule has 0 saturated carbocycles. The molecule has 1 aliphatic heterocycles. The zero-order valence-electron chi connectivity index (χ0n) is 8.06. The molecule has 0 radical (unpaired) electrons. The van der Waals surface area contributed by atoms with E-state index in [0.29, 0.717) is 6.04 Å². The molecule has 1 unspecified atom stereocenters. The van der Waals surface area contributed by atoms with Crippen LogP contribution in [-0.2, 0) is 4.74 Å². The first-order chi connectivity index (χ1) is 7.34. The van der Waals surface area contributed by atoms with Crippen LogP contribution in [0.5, 0.6) is 0 Å². The minimum absolute atomic E-state index is 0.372. The lowest BCUT2D eigenvalue weighted by molar-refractivity contribution is 0.185. The van der Waals surface area contributed by atoms with E-state index in [1.807, 2.05) is 23.1 Å². The van der Waals surface area contributed by atoms with Crippen molar-refractivity contribution in [1.29, 1.82) is 0 Å². The van der Waals surface area contributed by atoms with E-state index in [9.17, 15) is 0 Å². The van der Waals surface area contributed by atoms with E-state index in [1.54, 1.807) is 0 Å². The zero-order chi connectivity index (χ0) is 10.3. The van der Waals surface area contributed by atoms with Crippen molar-refractivity contribution in [3.8, 4) is 0 Å². The van der Waals surface area contributed by atoms with Gasteiger partial charge in [-0.3, -0.25) is 4.68 Å². The van der Waals surface area contributed by atoms with Gasteiger partial charge in [-0.05, 0) is 28.4 Å². The van der Waals surface area contributed by atoms with Crippen LogP contribution in [0.4, 0.5) is 0 Å². The molecule has 2 aromatic heterocycles. The Bertz CT molecular complexity index is 490. The summed E-state index contributed by atoms with van der Waals surface area (Å²) in [5.74, 6) is 0. The molecule has 15 heavy (non-hydrogen) atoms. The molecule has 1 fully saturated rings. The van der Waals surface area contributed by atoms with Crippen molar-refractivity contribution in [2.45, 2.75) is 12.5 Å². The molecule has 3 heterocycles. The van der Waals surface area contributed by atoms with Crippen LogP contribution in [0.3, 0.4) is 0 Å². The van der Waals surface area contributed by atoms with Crippen LogP contribution in [-0.4, -0.2) is 28.0 Å². The van der Waals surface area contributed by atoms with Gasteiger partial charge in [0.05, 0.1) is 24.4 Å². The van der Waals surface area contributed by atoms with E-state index in [0.717, 1.165) is 35.1 Å². The van der Waals surface area contributed by atoms with Gasteiger partial charge < -0.3 is 4.74 Å². The fraction of sp³-hybridized carbons (Fsp3) is 0.400. The Balaban J connectivity index is 2.13. The second-order valence-electron chi connectivity index (χ2n) is 3.67. The molecule has 0 spiro atoms. The third-order valence-corrected chi connectivity index (χ3v) is 3.13. The molecule has 0 aromatic carbocycles. The largest absolute Gasteiger partial charge is 0.379 e. The summed E-state index contributed by atoms with van der Waals surface area (Å²) in [6.07, 6.45) is 4.72. The number of aromatic nitrogens is 3. The first-order valence-corrected chi connectivity index (χ1v) is 5.70. The van der Waals surface area contributed by atoms with Crippen molar-refractivity contribution in [3.05, 3.63) is 23.1 Å². The second kappa shape index (κ2) is 3.57. The van der Waals surface area contributed by atoms with Crippen LogP contribution in [0.25, 0.3) is 10.9 Å². The topological polar surface area (TPSA) is 39.9 Å². The van der Waals surface area contributed by atoms with Gasteiger partial charge in [-0.1, -0.05) is 0 Å². The minimum Gasteiger partial charge on any atom is -0.379 e. The molecular weight excluding hydrogens is 258 g/mol. The zero-order valence-corrected chi connectivity index (χ0v) is 9.64. The highest BCUT2D eigenvalue weighted by Gasteiger charge is 2.20. The molecule has 0 bridgehead atoms. The quantitative estimate of drug-likeness (QED) is 0.744. The predicted molar refractivity (Wildman–Crippen MR) is 59.7 cm³/mol. The first-order valence-electron chi connectivity index (χ1n) is 4.91. The summed E-state index contributed by atoms with van der Waals surface area (Å²) >= 11 is 3.38. The van der Waals surface area contributed by atoms with Crippen molar-refractivity contribution in [2.24, 2.45) is 0 Å². The Hall–Kier alpha value is -0.940. The number of pyridine rings is 1. The van der Waals surface area contributed by atoms with E-state index in [4.69, 9.17) is 4.74 Å². The van der Waals surface area contributed by atoms with Crippen molar-refractivity contribution in [3.63, 3.8) is 0 Å². The third kappa shape index (κ3) is 1.55. The molecule has 1 saturated heterocycles. The molecular formula is C10H10BrN3O. The number of rotatable bonds is 1. The SMILES string of the molecule is Brc1cc2c(cn1)cnn2C1CCOC1. The molecule has 0 amide bonds. The lowest BCUT2D eigenvalue weighted by Gasteiger charge is -2.09. The maximum Gasteiger partial charge on any atom is 0.108 e. The fourth-order valence-electron chi connectivity index (χ4n) is 1.92. The molecule has 78 valence electrons. The van der Waals surface area contributed by atoms with Gasteiger partial charge in [0.2, 0.25) is 0 Å². The molecule has 3 rings (SSSR count). The summed E-state index contributed by atoms with van der Waals surface area (Å²) in [5, 5.41) is 5.47. The summed E-state index contributed by atoms with van der Waals surface area (Å²) in [5.41, 5.74) is 1.12. The van der Waals surface area contributed by atoms with Crippen LogP contribution in [0.2, 0.25) is 0 Å². The van der Waals surface area contributed by atoms with Crippen molar-refractivity contribution < 1.29 is 4.74 Å². The van der Waals surface area contributed by atoms with Crippen LogP contribution in [0.15, 0.2) is 23.1 Å². The van der Waals surface area contributed by atoms with E-state index in [1.165, 1.54) is 0 Å². The van der Waals surface area contributed by atoms with E-state index in [-0.39, 0.29) is 0 Å². The maximum absolute atomic E-state index is 5.37. The van der Waals surface area contributed by atoms with Gasteiger partial charge in [0.1, 0.15) is 4.60 Å². The summed E-state index contributed by atoms with van der Waals surface area (Å²) in [6, 6.07) is 2.37. The van der Waals surface area contributed by atoms with Crippen LogP contribution >= 0.6 is 15.9 Å². The summed E-state index contributed by atoms with van der Waals surface area (Å²) < 4.78 is 8.25. The Labute approximate surface area is 95.4 Å². The van der Waals surface area contributed by atoms with Gasteiger partial charge in [0.15, 0.2) is 0 Å². The Morgan fingerprint density at radius 1 is 1.47 bits per heavy atom. The van der Waals surface area contributed by atoms with Crippen molar-refractivity contribution in [2.75, 3.05) is 13.2 Å². The van der Waals surface area contributed by atoms with Crippen molar-refractivity contribution >= 4 is 26.8 Å². The highest BCUT2D eigenvalue weighted by Crippen LogP contribution is 2.24. The average Bonchev–Trinajstić information content (AvgIpc) is 2.83. The summed E-state index contributed by atoms with van der Waals surface area (Å²) in [6.45, 7) is 1.59. The number of fused-ring (bicyclic) bond motifs is 1. The van der Waals surface area contributed by atoms with Gasteiger partial charge in [-0.25, -0.2) is 4.98 Å². The highest BCUT2D eigenvalue weighted by atomic mass is 79.9. The molecule has 2 aromatic rings. The van der Waals surface area contributed by atoms with Crippen molar-refractivity contribution in [1.82, 2.24) is 14.8 Å². The summed E-state index contributed by atoms with van der Waals surface area (Å²) in [7, 11) is 0. The Morgan fingerprint density at radius 3 is 3.20 bits per heavy atom. The van der Waals surface area contributed by atoms with E-state index in [2.05, 4.69) is 26.0 Å². The van der Waals surface area contributed by atoms with Gasteiger partial charge in [-0.2, -0.15) is 5.10 Å². The van der Waals surface area contributed by atoms with Gasteiger partial charge in [-0.15, -0.1) is 0 Å². The fourth-order valence-corrected chi connectivity index (χ4v) is 2.24. The normalized spacial score (nSPS) is 21.3. The second-order valence-corrected chi connectivity index (χ2v) is 4.48. The number of halogens is 1. The van der Waals surface area contributed by atoms with Crippen LogP contribution in [0, 0.1) is 0 Å². The third-order valence-electron chi connectivity index (χ3n) is 2.70. The molecule has 1 atom stereocenters. The highest BCUT2D eigenvalue weighted by molar-refractivity contribution is 9.10. The van der Waals surface area contributed by atoms with Gasteiger partial charge >= 0.3 is 0 Å². The standard InChI is InChI=1S/C10H10BrN3O/c11-10-3-9-7(4-12-10)5-13-14(9)8-1-2-15-6-8/h3-5,8H,1-2,6H2. The Kier molecular flexibility index (Phi) is 2.21. The monoisotopic (exact) mass is 267 g/mol. The molecule has 0 N–H and O–H groups in total. The Morgan fingerprint density at radius 2 is 2.40 bits per heavy atom. The van der Waals surface area contributed by atoms with E-state index < -0.39 is 0 Å². The molecule has 5 heteroatoms. The van der Waals surface area contributed by atoms with Gasteiger partial charge in [0.25, 0.3) is 0 Å². The van der Waals surface area contributed by atoms with Crippen LogP contribution < -0.4 is 0 Å². The van der Waals surface area contributed by atoms with Gasteiger partial charge in [0, 0.05) is 18.2 Å². The average molecular weight is 268 g/mol. The van der Waals surface area contributed by atoms with Crippen LogP contribution in [0.1, 0.15) is 12.5 Å². The smallest absolute Gasteiger partial charge is 0.108 e. The molecule has 0 aliphatic carbocycles. The van der Waals surface area contributed by atoms with E-state index >= 15 is 0 Å². The number of nitrogens with zero attached hydrogens (tertiary/aromatic N) is 3. The molecule has 4 nitrogen and oxygen atoms in total. The number of hydrogen-bond acceptors (Lipinski definition) is 3. The lowest BCUT2D eigenvalue weighted by atomic mass is 10.2. The first kappa shape index (κ1) is 9.30.